The SMILES string of the molecule is C1CCOOC1.C1COSO1. The predicted molar refractivity (Wildman–Crippen MR) is 40.6 cm³/mol. The van der Waals surface area contributed by atoms with Crippen molar-refractivity contribution in [2.45, 2.75) is 12.8 Å². The number of rotatable bonds is 0. The van der Waals surface area contributed by atoms with Gasteiger partial charge in [0.05, 0.1) is 26.4 Å². The first-order chi connectivity index (χ1) is 5.50. The van der Waals surface area contributed by atoms with Gasteiger partial charge in [-0.2, -0.15) is 0 Å². The Bertz CT molecular complexity index is 63.5. The Kier molecular flexibility index (Phi) is 5.80. The maximum Gasteiger partial charge on any atom is 0.158 e. The maximum absolute atomic E-state index is 4.64. The molecule has 2 fully saturated rings. The summed E-state index contributed by atoms with van der Waals surface area (Å²) in [4.78, 5) is 9.14. The van der Waals surface area contributed by atoms with Gasteiger partial charge in [-0.1, -0.05) is 0 Å². The average molecular weight is 180 g/mol. The second-order valence-corrected chi connectivity index (χ2v) is 2.67. The van der Waals surface area contributed by atoms with Crippen molar-refractivity contribution in [3.05, 3.63) is 0 Å². The van der Waals surface area contributed by atoms with E-state index in [9.17, 15) is 0 Å². The van der Waals surface area contributed by atoms with E-state index in [-0.39, 0.29) is 0 Å². The van der Waals surface area contributed by atoms with Crippen LogP contribution in [0.25, 0.3) is 0 Å². The molecule has 0 radical (unpaired) electrons. The maximum atomic E-state index is 4.64. The molecule has 0 bridgehead atoms. The van der Waals surface area contributed by atoms with Crippen LogP contribution in [-0.4, -0.2) is 26.4 Å². The second kappa shape index (κ2) is 6.87. The highest BCUT2D eigenvalue weighted by Gasteiger charge is 1.97. The van der Waals surface area contributed by atoms with Gasteiger partial charge in [-0.05, 0) is 12.8 Å². The molecule has 5 heteroatoms. The van der Waals surface area contributed by atoms with Crippen LogP contribution in [0, 0.1) is 0 Å². The van der Waals surface area contributed by atoms with Gasteiger partial charge in [0.25, 0.3) is 0 Å². The summed E-state index contributed by atoms with van der Waals surface area (Å²) >= 11 is 1.07. The molecule has 2 rings (SSSR count). The van der Waals surface area contributed by atoms with E-state index in [1.165, 1.54) is 0 Å². The van der Waals surface area contributed by atoms with Gasteiger partial charge in [0, 0.05) is 0 Å². The third-order valence-corrected chi connectivity index (χ3v) is 1.66. The quantitative estimate of drug-likeness (QED) is 0.415. The van der Waals surface area contributed by atoms with Gasteiger partial charge in [-0.15, -0.1) is 0 Å². The zero-order chi connectivity index (χ0) is 7.78. The minimum Gasteiger partial charge on any atom is -0.289 e. The van der Waals surface area contributed by atoms with Crippen molar-refractivity contribution in [2.24, 2.45) is 0 Å². The largest absolute Gasteiger partial charge is 0.289 e. The lowest BCUT2D eigenvalue weighted by Crippen LogP contribution is -2.05. The summed E-state index contributed by atoms with van der Waals surface area (Å²) < 4.78 is 9.28. The molecule has 2 saturated heterocycles. The van der Waals surface area contributed by atoms with E-state index >= 15 is 0 Å². The lowest BCUT2D eigenvalue weighted by atomic mass is 10.3. The summed E-state index contributed by atoms with van der Waals surface area (Å²) in [5.41, 5.74) is 0. The summed E-state index contributed by atoms with van der Waals surface area (Å²) in [5.74, 6) is 0. The fraction of sp³-hybridized carbons (Fsp3) is 1.00. The van der Waals surface area contributed by atoms with E-state index in [1.54, 1.807) is 0 Å². The highest BCUT2D eigenvalue weighted by atomic mass is 32.2. The van der Waals surface area contributed by atoms with Crippen LogP contribution in [0.15, 0.2) is 0 Å². The van der Waals surface area contributed by atoms with Crippen molar-refractivity contribution in [1.29, 1.82) is 0 Å². The number of hydrogen-bond donors (Lipinski definition) is 0. The normalized spacial score (nSPS) is 24.0. The molecule has 0 aromatic carbocycles. The van der Waals surface area contributed by atoms with E-state index in [1.807, 2.05) is 0 Å². The molecule has 0 atom stereocenters. The Morgan fingerprint density at radius 3 is 1.45 bits per heavy atom. The van der Waals surface area contributed by atoms with Gasteiger partial charge >= 0.3 is 0 Å². The number of hydrogen-bond acceptors (Lipinski definition) is 5. The van der Waals surface area contributed by atoms with Gasteiger partial charge in [-0.25, -0.2) is 9.78 Å². The third kappa shape index (κ3) is 5.46. The van der Waals surface area contributed by atoms with Gasteiger partial charge in [0.15, 0.2) is 12.3 Å². The van der Waals surface area contributed by atoms with Gasteiger partial charge in [-0.3, -0.25) is 8.37 Å². The smallest absolute Gasteiger partial charge is 0.158 e. The summed E-state index contributed by atoms with van der Waals surface area (Å²) in [6.45, 7) is 3.04. The first-order valence-electron chi connectivity index (χ1n) is 3.65. The molecule has 0 amide bonds. The molecule has 0 N–H and O–H groups in total. The van der Waals surface area contributed by atoms with E-state index in [4.69, 9.17) is 0 Å². The van der Waals surface area contributed by atoms with Crippen LogP contribution < -0.4 is 0 Å². The first-order valence-corrected chi connectivity index (χ1v) is 4.32. The Labute approximate surface area is 70.5 Å². The topological polar surface area (TPSA) is 36.9 Å². The van der Waals surface area contributed by atoms with Crippen LogP contribution >= 0.6 is 12.3 Å². The Morgan fingerprint density at radius 2 is 1.27 bits per heavy atom. The summed E-state index contributed by atoms with van der Waals surface area (Å²) in [6, 6.07) is 0. The molecule has 0 aromatic rings. The summed E-state index contributed by atoms with van der Waals surface area (Å²) in [6.07, 6.45) is 2.31. The molecule has 11 heavy (non-hydrogen) atoms. The third-order valence-electron chi connectivity index (χ3n) is 1.13. The van der Waals surface area contributed by atoms with Crippen LogP contribution in [0.4, 0.5) is 0 Å². The Hall–Kier alpha value is 0.190. The minimum atomic E-state index is 0.741. The molecule has 0 spiro atoms. The van der Waals surface area contributed by atoms with Crippen LogP contribution in [0.2, 0.25) is 0 Å². The van der Waals surface area contributed by atoms with Crippen molar-refractivity contribution in [1.82, 2.24) is 0 Å². The fourth-order valence-corrected chi connectivity index (χ4v) is 0.950. The molecule has 2 heterocycles. The molecule has 0 saturated carbocycles. The highest BCUT2D eigenvalue weighted by Crippen LogP contribution is 2.09. The lowest BCUT2D eigenvalue weighted by Gasteiger charge is -2.07. The molecule has 4 nitrogen and oxygen atoms in total. The molecular weight excluding hydrogens is 168 g/mol. The van der Waals surface area contributed by atoms with Crippen molar-refractivity contribution >= 4 is 12.3 Å². The molecule has 66 valence electrons. The Morgan fingerprint density at radius 1 is 0.727 bits per heavy atom. The van der Waals surface area contributed by atoms with Crippen molar-refractivity contribution in [3.63, 3.8) is 0 Å². The van der Waals surface area contributed by atoms with E-state index in [0.717, 1.165) is 51.6 Å². The predicted octanol–water partition coefficient (Wildman–Crippen LogP) is 1.32. The average Bonchev–Trinajstić information content (AvgIpc) is 2.64. The lowest BCUT2D eigenvalue weighted by molar-refractivity contribution is -0.312. The molecule has 2 aliphatic rings. The monoisotopic (exact) mass is 180 g/mol. The molecule has 0 aromatic heterocycles. The highest BCUT2D eigenvalue weighted by molar-refractivity contribution is 7.90. The first kappa shape index (κ1) is 9.28. The van der Waals surface area contributed by atoms with Crippen LogP contribution in [0.3, 0.4) is 0 Å². The van der Waals surface area contributed by atoms with Gasteiger partial charge in [0.2, 0.25) is 0 Å². The standard InChI is InChI=1S/C4H8O2.C2H4O2S/c1-2-4-6-5-3-1;1-2-4-5-3-1/h1-4H2;1-2H2. The minimum absolute atomic E-state index is 0.741. The fourth-order valence-electron chi connectivity index (χ4n) is 0.610. The zero-order valence-electron chi connectivity index (χ0n) is 6.28. The van der Waals surface area contributed by atoms with Crippen molar-refractivity contribution in [3.8, 4) is 0 Å². The van der Waals surface area contributed by atoms with E-state index in [2.05, 4.69) is 18.1 Å². The van der Waals surface area contributed by atoms with Crippen molar-refractivity contribution < 1.29 is 18.1 Å². The van der Waals surface area contributed by atoms with Crippen molar-refractivity contribution in [2.75, 3.05) is 26.4 Å². The molecule has 0 aliphatic carbocycles. The van der Waals surface area contributed by atoms with Crippen LogP contribution in [-0.2, 0) is 18.1 Å². The summed E-state index contributed by atoms with van der Waals surface area (Å²) in [5, 5.41) is 0. The van der Waals surface area contributed by atoms with E-state index in [0.29, 0.717) is 0 Å². The van der Waals surface area contributed by atoms with E-state index < -0.39 is 0 Å². The van der Waals surface area contributed by atoms with Crippen LogP contribution in [0.1, 0.15) is 12.8 Å². The second-order valence-electron chi connectivity index (χ2n) is 2.06. The van der Waals surface area contributed by atoms with Gasteiger partial charge in [0.1, 0.15) is 0 Å². The van der Waals surface area contributed by atoms with Gasteiger partial charge < -0.3 is 0 Å². The Balaban J connectivity index is 0.000000112. The molecule has 2 aliphatic heterocycles. The van der Waals surface area contributed by atoms with Crippen LogP contribution in [0.5, 0.6) is 0 Å². The zero-order valence-corrected chi connectivity index (χ0v) is 7.10. The summed E-state index contributed by atoms with van der Waals surface area (Å²) in [7, 11) is 0. The molecular formula is C6H12O4S. The molecule has 0 unspecified atom stereocenters.